The Kier molecular flexibility index (Phi) is 5.66. The van der Waals surface area contributed by atoms with Crippen LogP contribution in [-0.2, 0) is 4.74 Å². The van der Waals surface area contributed by atoms with Crippen molar-refractivity contribution in [3.63, 3.8) is 0 Å². The number of aromatic amines is 1. The molecule has 2 bridgehead atoms. The second-order valence-corrected chi connectivity index (χ2v) is 11.1. The molecule has 2 aliphatic heterocycles. The number of nitrogens with zero attached hydrogens (tertiary/aromatic N) is 6. The van der Waals surface area contributed by atoms with Crippen LogP contribution < -0.4 is 4.90 Å². The molecule has 4 aromatic rings. The van der Waals surface area contributed by atoms with Crippen LogP contribution in [0.25, 0.3) is 27.8 Å². The van der Waals surface area contributed by atoms with Crippen molar-refractivity contribution in [1.82, 2.24) is 29.9 Å². The highest BCUT2D eigenvalue weighted by Crippen LogP contribution is 2.39. The van der Waals surface area contributed by atoms with Crippen LogP contribution in [0.15, 0.2) is 55.0 Å². The number of hydrogen-bond acceptors (Lipinski definition) is 6. The molecule has 9 heteroatoms. The molecular formula is C28H33N7O2. The fourth-order valence-electron chi connectivity index (χ4n) is 5.89. The average molecular weight is 500 g/mol. The molecule has 9 nitrogen and oxygen atoms in total. The van der Waals surface area contributed by atoms with Gasteiger partial charge in [0.05, 0.1) is 16.9 Å². The second-order valence-electron chi connectivity index (χ2n) is 11.1. The summed E-state index contributed by atoms with van der Waals surface area (Å²) in [6.07, 6.45) is 9.35. The van der Waals surface area contributed by atoms with Crippen molar-refractivity contribution in [1.29, 1.82) is 0 Å². The van der Waals surface area contributed by atoms with Gasteiger partial charge in [0, 0.05) is 54.7 Å². The van der Waals surface area contributed by atoms with Crippen molar-refractivity contribution < 1.29 is 9.53 Å². The average Bonchev–Trinajstić information content (AvgIpc) is 3.62. The molecule has 37 heavy (non-hydrogen) atoms. The number of amides is 1. The number of aromatic nitrogens is 5. The fourth-order valence-corrected chi connectivity index (χ4v) is 5.89. The number of H-pyrrole nitrogens is 1. The van der Waals surface area contributed by atoms with Gasteiger partial charge in [-0.3, -0.25) is 0 Å². The maximum Gasteiger partial charge on any atom is 0.410 e. The highest BCUT2D eigenvalue weighted by atomic mass is 16.6. The van der Waals surface area contributed by atoms with E-state index in [0.29, 0.717) is 6.04 Å². The predicted molar refractivity (Wildman–Crippen MR) is 143 cm³/mol. The van der Waals surface area contributed by atoms with Gasteiger partial charge >= 0.3 is 6.09 Å². The third-order valence-electron chi connectivity index (χ3n) is 7.60. The van der Waals surface area contributed by atoms with E-state index < -0.39 is 5.60 Å². The summed E-state index contributed by atoms with van der Waals surface area (Å²) in [5.41, 5.74) is 3.36. The lowest BCUT2D eigenvalue weighted by molar-refractivity contribution is 0.00597. The van der Waals surface area contributed by atoms with Crippen molar-refractivity contribution in [2.45, 2.75) is 70.2 Å². The summed E-state index contributed by atoms with van der Waals surface area (Å²) in [5.74, 6) is 0.842. The molecule has 2 saturated heterocycles. The molecule has 3 atom stereocenters. The molecule has 0 spiro atoms. The molecule has 1 N–H and O–H groups in total. The van der Waals surface area contributed by atoms with Gasteiger partial charge in [-0.2, -0.15) is 5.10 Å². The standard InChI is InChI=1S/C28H33N7O2/c1-28(2,3)37-27(36)35-18-6-7-19(35)17-20(16-18)33(4)25-11-9-23(31-32-25)21-8-10-24(34-15-5-13-30-34)22-12-14-29-26(21)22/h5,8-15,18-20,29H,6-7,16-17H2,1-4H3/t18-,19+,20?. The van der Waals surface area contributed by atoms with Gasteiger partial charge < -0.3 is 19.5 Å². The minimum absolute atomic E-state index is 0.181. The molecule has 1 aromatic carbocycles. The maximum absolute atomic E-state index is 12.8. The summed E-state index contributed by atoms with van der Waals surface area (Å²) < 4.78 is 7.56. The topological polar surface area (TPSA) is 92.2 Å². The summed E-state index contributed by atoms with van der Waals surface area (Å²) in [4.78, 5) is 20.4. The minimum Gasteiger partial charge on any atom is -0.444 e. The first kappa shape index (κ1) is 23.5. The van der Waals surface area contributed by atoms with Crippen LogP contribution >= 0.6 is 0 Å². The molecule has 192 valence electrons. The van der Waals surface area contributed by atoms with Crippen LogP contribution in [0.1, 0.15) is 46.5 Å². The number of carbonyl (C=O) groups excluding carboxylic acids is 1. The summed E-state index contributed by atoms with van der Waals surface area (Å²) in [6, 6.07) is 12.9. The van der Waals surface area contributed by atoms with E-state index in [1.165, 1.54) is 0 Å². The van der Waals surface area contributed by atoms with Crippen LogP contribution in [0.5, 0.6) is 0 Å². The van der Waals surface area contributed by atoms with Crippen molar-refractivity contribution in [3.8, 4) is 16.9 Å². The minimum atomic E-state index is -0.479. The zero-order valence-corrected chi connectivity index (χ0v) is 21.8. The van der Waals surface area contributed by atoms with Gasteiger partial charge in [0.2, 0.25) is 0 Å². The lowest BCUT2D eigenvalue weighted by atomic mass is 9.96. The van der Waals surface area contributed by atoms with Crippen LogP contribution in [0, 0.1) is 0 Å². The quantitative estimate of drug-likeness (QED) is 0.416. The Morgan fingerprint density at radius 2 is 1.86 bits per heavy atom. The van der Waals surface area contributed by atoms with Gasteiger partial charge in [0.15, 0.2) is 5.82 Å². The molecule has 0 aliphatic carbocycles. The first-order valence-corrected chi connectivity index (χ1v) is 13.0. The summed E-state index contributed by atoms with van der Waals surface area (Å²) in [6.45, 7) is 5.76. The van der Waals surface area contributed by atoms with Gasteiger partial charge in [-0.1, -0.05) is 0 Å². The number of ether oxygens (including phenoxy) is 1. The molecule has 1 unspecified atom stereocenters. The zero-order valence-electron chi connectivity index (χ0n) is 21.8. The molecule has 2 fully saturated rings. The first-order valence-electron chi connectivity index (χ1n) is 13.0. The van der Waals surface area contributed by atoms with Crippen molar-refractivity contribution >= 4 is 22.8 Å². The highest BCUT2D eigenvalue weighted by Gasteiger charge is 2.45. The van der Waals surface area contributed by atoms with E-state index in [2.05, 4.69) is 50.4 Å². The van der Waals surface area contributed by atoms with E-state index in [1.54, 1.807) is 6.20 Å². The Bertz CT molecular complexity index is 1390. The van der Waals surface area contributed by atoms with E-state index >= 15 is 0 Å². The third-order valence-corrected chi connectivity index (χ3v) is 7.60. The van der Waals surface area contributed by atoms with Crippen LogP contribution in [0.2, 0.25) is 0 Å². The number of benzene rings is 1. The number of fused-ring (bicyclic) bond motifs is 3. The molecule has 1 amide bonds. The van der Waals surface area contributed by atoms with Crippen molar-refractivity contribution in [2.75, 3.05) is 11.9 Å². The van der Waals surface area contributed by atoms with Crippen LogP contribution in [0.3, 0.4) is 0 Å². The van der Waals surface area contributed by atoms with Gasteiger partial charge in [-0.05, 0) is 82.9 Å². The van der Waals surface area contributed by atoms with Gasteiger partial charge in [0.1, 0.15) is 5.60 Å². The first-order chi connectivity index (χ1) is 17.8. The van der Waals surface area contributed by atoms with E-state index in [0.717, 1.165) is 59.3 Å². The predicted octanol–water partition coefficient (Wildman–Crippen LogP) is 5.18. The summed E-state index contributed by atoms with van der Waals surface area (Å²) in [5, 5.41) is 14.7. The Morgan fingerprint density at radius 1 is 1.08 bits per heavy atom. The van der Waals surface area contributed by atoms with Gasteiger partial charge in [-0.15, -0.1) is 10.2 Å². The fraction of sp³-hybridized carbons (Fsp3) is 0.429. The van der Waals surface area contributed by atoms with E-state index in [9.17, 15) is 4.79 Å². The molecular weight excluding hydrogens is 466 g/mol. The monoisotopic (exact) mass is 499 g/mol. The van der Waals surface area contributed by atoms with E-state index in [1.807, 2.05) is 60.9 Å². The molecule has 2 aliphatic rings. The largest absolute Gasteiger partial charge is 0.444 e. The number of nitrogens with one attached hydrogen (secondary N) is 1. The Balaban J connectivity index is 1.19. The van der Waals surface area contributed by atoms with Gasteiger partial charge in [0.25, 0.3) is 0 Å². The van der Waals surface area contributed by atoms with Crippen LogP contribution in [0.4, 0.5) is 10.6 Å². The Labute approximate surface area is 216 Å². The van der Waals surface area contributed by atoms with Crippen molar-refractivity contribution in [3.05, 3.63) is 55.0 Å². The van der Waals surface area contributed by atoms with Crippen LogP contribution in [-0.4, -0.2) is 66.7 Å². The Hall–Kier alpha value is -3.88. The SMILES string of the molecule is CN(c1ccc(-c2ccc(-n3cccn3)c3cc[nH]c23)nn1)C1C[C@H]2CC[C@@H](C1)N2C(=O)OC(C)(C)C. The summed E-state index contributed by atoms with van der Waals surface area (Å²) >= 11 is 0. The number of rotatable bonds is 4. The normalized spacial score (nSPS) is 21.4. The molecule has 0 saturated carbocycles. The number of anilines is 1. The zero-order chi connectivity index (χ0) is 25.7. The highest BCUT2D eigenvalue weighted by molar-refractivity contribution is 5.98. The lowest BCUT2D eigenvalue weighted by Crippen LogP contribution is -2.53. The molecule has 6 rings (SSSR count). The molecule has 3 aromatic heterocycles. The Morgan fingerprint density at radius 3 is 2.51 bits per heavy atom. The van der Waals surface area contributed by atoms with E-state index in [-0.39, 0.29) is 18.2 Å². The molecule has 0 radical (unpaired) electrons. The molecule has 5 heterocycles. The number of carbonyl (C=O) groups is 1. The van der Waals surface area contributed by atoms with Gasteiger partial charge in [-0.25, -0.2) is 9.48 Å². The maximum atomic E-state index is 12.8. The second kappa shape index (κ2) is 8.90. The lowest BCUT2D eigenvalue weighted by Gasteiger charge is -2.42. The third kappa shape index (κ3) is 4.32. The van der Waals surface area contributed by atoms with Crippen molar-refractivity contribution in [2.24, 2.45) is 0 Å². The van der Waals surface area contributed by atoms with E-state index in [4.69, 9.17) is 4.74 Å². The number of piperidine rings is 1. The smallest absolute Gasteiger partial charge is 0.410 e. The summed E-state index contributed by atoms with van der Waals surface area (Å²) in [7, 11) is 2.08. The number of hydrogen-bond donors (Lipinski definition) is 1.